The predicted molar refractivity (Wildman–Crippen MR) is 73.6 cm³/mol. The van der Waals surface area contributed by atoms with Gasteiger partial charge >= 0.3 is 5.97 Å². The first kappa shape index (κ1) is 12.6. The first-order chi connectivity index (χ1) is 8.49. The van der Waals surface area contributed by atoms with Gasteiger partial charge in [0.25, 0.3) is 0 Å². The van der Waals surface area contributed by atoms with Gasteiger partial charge in [-0.2, -0.15) is 0 Å². The van der Waals surface area contributed by atoms with E-state index in [-0.39, 0.29) is 5.01 Å². The third-order valence-corrected chi connectivity index (χ3v) is 3.82. The maximum Gasteiger partial charge on any atom is 0.365 e. The highest BCUT2D eigenvalue weighted by Crippen LogP contribution is 2.31. The molecule has 0 saturated heterocycles. The zero-order valence-electron chi connectivity index (χ0n) is 10.5. The molecule has 0 saturated carbocycles. The molecule has 1 heterocycles. The number of nitrogens with zero attached hydrogens (tertiary/aromatic N) is 2. The largest absolute Gasteiger partial charge is 0.476 e. The molecule has 18 heavy (non-hydrogen) atoms. The summed E-state index contributed by atoms with van der Waals surface area (Å²) in [4.78, 5) is 17.9. The van der Waals surface area contributed by atoms with E-state index in [0.29, 0.717) is 0 Å². The number of carboxylic acids is 1. The Balaban J connectivity index is 2.39. The van der Waals surface area contributed by atoms with Gasteiger partial charge in [-0.25, -0.2) is 9.78 Å². The topological polar surface area (TPSA) is 53.4 Å². The molecule has 0 fully saturated rings. The minimum absolute atomic E-state index is 0.138. The highest BCUT2D eigenvalue weighted by molar-refractivity contribution is 7.17. The molecule has 0 aliphatic carbocycles. The maximum absolute atomic E-state index is 10.9. The molecule has 4 nitrogen and oxygen atoms in total. The lowest BCUT2D eigenvalue weighted by molar-refractivity contribution is 0.0696. The van der Waals surface area contributed by atoms with Gasteiger partial charge in [0.1, 0.15) is 0 Å². The molecular weight excluding hydrogens is 248 g/mol. The van der Waals surface area contributed by atoms with Gasteiger partial charge in [0, 0.05) is 19.8 Å². The minimum atomic E-state index is -0.973. The molecule has 0 unspecified atom stereocenters. The quantitative estimate of drug-likeness (QED) is 0.924. The van der Waals surface area contributed by atoms with Gasteiger partial charge in [0.15, 0.2) is 0 Å². The molecule has 0 aliphatic heterocycles. The van der Waals surface area contributed by atoms with Crippen LogP contribution in [0.15, 0.2) is 24.3 Å². The summed E-state index contributed by atoms with van der Waals surface area (Å²) in [7, 11) is 3.96. The molecule has 0 radical (unpaired) electrons. The number of hydrogen-bond donors (Lipinski definition) is 1. The number of carbonyl (C=O) groups is 1. The van der Waals surface area contributed by atoms with Crippen LogP contribution in [0, 0.1) is 6.92 Å². The SMILES string of the molecule is Cc1nc(C(=O)O)sc1-c1ccc(N(C)C)cc1. The van der Waals surface area contributed by atoms with Crippen molar-refractivity contribution < 1.29 is 9.90 Å². The first-order valence-corrected chi connectivity index (χ1v) is 6.29. The highest BCUT2D eigenvalue weighted by atomic mass is 32.1. The summed E-state index contributed by atoms with van der Waals surface area (Å²) in [6, 6.07) is 7.99. The summed E-state index contributed by atoms with van der Waals surface area (Å²) < 4.78 is 0. The van der Waals surface area contributed by atoms with Crippen molar-refractivity contribution >= 4 is 23.0 Å². The molecule has 0 bridgehead atoms. The molecule has 94 valence electrons. The summed E-state index contributed by atoms with van der Waals surface area (Å²) in [6.45, 7) is 1.83. The molecule has 0 aliphatic rings. The zero-order valence-corrected chi connectivity index (χ0v) is 11.3. The summed E-state index contributed by atoms with van der Waals surface area (Å²) in [5.74, 6) is -0.973. The van der Waals surface area contributed by atoms with Gasteiger partial charge in [0.05, 0.1) is 10.6 Å². The Hall–Kier alpha value is -1.88. The van der Waals surface area contributed by atoms with E-state index in [1.54, 1.807) is 0 Å². The fourth-order valence-corrected chi connectivity index (χ4v) is 2.58. The van der Waals surface area contributed by atoms with Crippen LogP contribution in [0.2, 0.25) is 0 Å². The molecule has 1 N–H and O–H groups in total. The summed E-state index contributed by atoms with van der Waals surface area (Å²) >= 11 is 1.21. The Morgan fingerprint density at radius 2 is 1.89 bits per heavy atom. The van der Waals surface area contributed by atoms with Crippen molar-refractivity contribution in [3.63, 3.8) is 0 Å². The van der Waals surface area contributed by atoms with Crippen molar-refractivity contribution in [2.45, 2.75) is 6.92 Å². The smallest absolute Gasteiger partial charge is 0.365 e. The summed E-state index contributed by atoms with van der Waals surface area (Å²) in [5.41, 5.74) is 2.87. The van der Waals surface area contributed by atoms with E-state index in [9.17, 15) is 4.79 Å². The lowest BCUT2D eigenvalue weighted by atomic mass is 10.1. The monoisotopic (exact) mass is 262 g/mol. The third-order valence-electron chi connectivity index (χ3n) is 2.63. The molecule has 1 aromatic carbocycles. The second-order valence-corrected chi connectivity index (χ2v) is 5.18. The van der Waals surface area contributed by atoms with E-state index >= 15 is 0 Å². The normalized spacial score (nSPS) is 10.4. The van der Waals surface area contributed by atoms with Crippen LogP contribution in [0.5, 0.6) is 0 Å². The van der Waals surface area contributed by atoms with Crippen LogP contribution < -0.4 is 4.90 Å². The van der Waals surface area contributed by atoms with Gasteiger partial charge in [-0.15, -0.1) is 11.3 Å². The van der Waals surface area contributed by atoms with Crippen LogP contribution in [-0.4, -0.2) is 30.2 Å². The van der Waals surface area contributed by atoms with Crippen LogP contribution in [-0.2, 0) is 0 Å². The molecule has 0 atom stereocenters. The average molecular weight is 262 g/mol. The van der Waals surface area contributed by atoms with Crippen molar-refractivity contribution in [2.24, 2.45) is 0 Å². The lowest BCUT2D eigenvalue weighted by Crippen LogP contribution is -2.07. The van der Waals surface area contributed by atoms with Gasteiger partial charge in [-0.1, -0.05) is 12.1 Å². The van der Waals surface area contributed by atoms with Gasteiger partial charge < -0.3 is 10.0 Å². The molecule has 5 heteroatoms. The van der Waals surface area contributed by atoms with Gasteiger partial charge in [-0.05, 0) is 24.6 Å². The molecule has 0 spiro atoms. The van der Waals surface area contributed by atoms with E-state index in [1.165, 1.54) is 11.3 Å². The van der Waals surface area contributed by atoms with Crippen molar-refractivity contribution in [1.29, 1.82) is 0 Å². The number of aryl methyl sites for hydroxylation is 1. The van der Waals surface area contributed by atoms with Crippen LogP contribution in [0.4, 0.5) is 5.69 Å². The third kappa shape index (κ3) is 2.36. The molecule has 2 aromatic rings. The molecular formula is C13H14N2O2S. The molecule has 2 rings (SSSR count). The number of hydrogen-bond acceptors (Lipinski definition) is 4. The number of anilines is 1. The molecule has 0 amide bonds. The number of aromatic carboxylic acids is 1. The highest BCUT2D eigenvalue weighted by Gasteiger charge is 2.14. The van der Waals surface area contributed by atoms with Crippen LogP contribution in [0.25, 0.3) is 10.4 Å². The van der Waals surface area contributed by atoms with Crippen LogP contribution in [0.3, 0.4) is 0 Å². The fraction of sp³-hybridized carbons (Fsp3) is 0.231. The van der Waals surface area contributed by atoms with E-state index in [0.717, 1.165) is 21.8 Å². The number of thiazole rings is 1. The van der Waals surface area contributed by atoms with Crippen molar-refractivity contribution in [3.8, 4) is 10.4 Å². The van der Waals surface area contributed by atoms with Crippen LogP contribution in [0.1, 0.15) is 15.5 Å². The number of rotatable bonds is 3. The van der Waals surface area contributed by atoms with Crippen molar-refractivity contribution in [2.75, 3.05) is 19.0 Å². The van der Waals surface area contributed by atoms with Crippen molar-refractivity contribution in [1.82, 2.24) is 4.98 Å². The molecule has 1 aromatic heterocycles. The lowest BCUT2D eigenvalue weighted by Gasteiger charge is -2.12. The number of aromatic nitrogens is 1. The Bertz CT molecular complexity index is 573. The van der Waals surface area contributed by atoms with E-state index in [1.807, 2.05) is 50.2 Å². The Morgan fingerprint density at radius 3 is 2.33 bits per heavy atom. The van der Waals surface area contributed by atoms with Gasteiger partial charge in [-0.3, -0.25) is 0 Å². The van der Waals surface area contributed by atoms with Crippen LogP contribution >= 0.6 is 11.3 Å². The average Bonchev–Trinajstić information content (AvgIpc) is 2.71. The minimum Gasteiger partial charge on any atom is -0.476 e. The predicted octanol–water partition coefficient (Wildman–Crippen LogP) is 2.88. The maximum atomic E-state index is 10.9. The Kier molecular flexibility index (Phi) is 3.34. The second-order valence-electron chi connectivity index (χ2n) is 4.18. The zero-order chi connectivity index (χ0) is 13.3. The summed E-state index contributed by atoms with van der Waals surface area (Å²) in [6.07, 6.45) is 0. The van der Waals surface area contributed by atoms with E-state index < -0.39 is 5.97 Å². The second kappa shape index (κ2) is 4.78. The van der Waals surface area contributed by atoms with E-state index in [4.69, 9.17) is 5.11 Å². The standard InChI is InChI=1S/C13H14N2O2S/c1-8-11(18-12(14-8)13(16)17)9-4-6-10(7-5-9)15(2)3/h4-7H,1-3H3,(H,16,17). The number of carboxylic acid groups (broad SMARTS) is 1. The number of benzene rings is 1. The van der Waals surface area contributed by atoms with Crippen molar-refractivity contribution in [3.05, 3.63) is 35.0 Å². The first-order valence-electron chi connectivity index (χ1n) is 5.47. The summed E-state index contributed by atoms with van der Waals surface area (Å²) in [5, 5.41) is 9.07. The van der Waals surface area contributed by atoms with E-state index in [2.05, 4.69) is 4.98 Å². The fourth-order valence-electron chi connectivity index (χ4n) is 1.67. The Morgan fingerprint density at radius 1 is 1.28 bits per heavy atom. The Labute approximate surface area is 110 Å². The van der Waals surface area contributed by atoms with Gasteiger partial charge in [0.2, 0.25) is 5.01 Å².